The van der Waals surface area contributed by atoms with E-state index in [0.29, 0.717) is 6.42 Å². The zero-order valence-corrected chi connectivity index (χ0v) is 7.29. The minimum atomic E-state index is -0.252. The van der Waals surface area contributed by atoms with Gasteiger partial charge in [0, 0.05) is 13.5 Å². The van der Waals surface area contributed by atoms with E-state index in [1.165, 1.54) is 26.2 Å². The van der Waals surface area contributed by atoms with Gasteiger partial charge >= 0.3 is 0 Å². The Balaban J connectivity index is 3.54. The van der Waals surface area contributed by atoms with Crippen LogP contribution < -0.4 is 5.32 Å². The van der Waals surface area contributed by atoms with E-state index in [2.05, 4.69) is 10.1 Å². The summed E-state index contributed by atoms with van der Waals surface area (Å²) in [5.41, 5.74) is 0. The maximum Gasteiger partial charge on any atom is 0.245 e. The zero-order chi connectivity index (χ0) is 9.40. The Morgan fingerprint density at radius 1 is 1.50 bits per heavy atom. The zero-order valence-electron chi connectivity index (χ0n) is 7.29. The lowest BCUT2D eigenvalue weighted by Crippen LogP contribution is -2.23. The van der Waals surface area contributed by atoms with Crippen molar-refractivity contribution in [3.63, 3.8) is 0 Å². The van der Waals surface area contributed by atoms with Crippen molar-refractivity contribution in [2.45, 2.75) is 13.3 Å². The molecule has 0 aliphatic carbocycles. The van der Waals surface area contributed by atoms with Crippen molar-refractivity contribution in [1.29, 1.82) is 0 Å². The molecule has 0 saturated carbocycles. The standard InChI is InChI=1S/C8H13NO3/c1-7(10)4-3-5-8(11)9-6-12-2/h3,5H,4,6H2,1-2H3,(H,9,11). The highest BCUT2D eigenvalue weighted by Gasteiger charge is 1.92. The third kappa shape index (κ3) is 6.95. The van der Waals surface area contributed by atoms with Crippen molar-refractivity contribution < 1.29 is 14.3 Å². The van der Waals surface area contributed by atoms with Gasteiger partial charge in [-0.05, 0) is 13.0 Å². The number of amides is 1. The highest BCUT2D eigenvalue weighted by molar-refractivity contribution is 5.88. The van der Waals surface area contributed by atoms with E-state index >= 15 is 0 Å². The van der Waals surface area contributed by atoms with Crippen molar-refractivity contribution in [1.82, 2.24) is 5.32 Å². The molecule has 0 aromatic heterocycles. The summed E-state index contributed by atoms with van der Waals surface area (Å²) < 4.78 is 4.61. The number of carbonyl (C=O) groups is 2. The molecule has 0 aliphatic heterocycles. The normalized spacial score (nSPS) is 10.2. The lowest BCUT2D eigenvalue weighted by molar-refractivity contribution is -0.117. The number of hydrogen-bond acceptors (Lipinski definition) is 3. The maximum absolute atomic E-state index is 10.8. The predicted octanol–water partition coefficient (Wildman–Crippen LogP) is 0.242. The summed E-state index contributed by atoms with van der Waals surface area (Å²) in [4.78, 5) is 21.2. The number of methoxy groups -OCH3 is 1. The summed E-state index contributed by atoms with van der Waals surface area (Å²) in [6, 6.07) is 0. The summed E-state index contributed by atoms with van der Waals surface area (Å²) in [6.07, 6.45) is 3.13. The largest absolute Gasteiger partial charge is 0.364 e. The Labute approximate surface area is 71.6 Å². The van der Waals surface area contributed by atoms with E-state index in [1.807, 2.05) is 0 Å². The molecule has 0 fully saturated rings. The number of hydrogen-bond donors (Lipinski definition) is 1. The van der Waals surface area contributed by atoms with Crippen molar-refractivity contribution >= 4 is 11.7 Å². The van der Waals surface area contributed by atoms with Crippen LogP contribution in [0.5, 0.6) is 0 Å². The first kappa shape index (κ1) is 10.8. The number of Topliss-reactive ketones (excluding diaryl/α,β-unsaturated/α-hetero) is 1. The van der Waals surface area contributed by atoms with Crippen LogP contribution in [0.15, 0.2) is 12.2 Å². The molecule has 0 spiro atoms. The van der Waals surface area contributed by atoms with Gasteiger partial charge in [-0.1, -0.05) is 6.08 Å². The van der Waals surface area contributed by atoms with Gasteiger partial charge in [-0.25, -0.2) is 0 Å². The number of rotatable bonds is 5. The molecule has 0 bridgehead atoms. The summed E-state index contributed by atoms with van der Waals surface area (Å²) in [5, 5.41) is 2.45. The fourth-order valence-corrected chi connectivity index (χ4v) is 0.534. The smallest absolute Gasteiger partial charge is 0.245 e. The van der Waals surface area contributed by atoms with E-state index in [1.54, 1.807) is 0 Å². The van der Waals surface area contributed by atoms with Crippen LogP contribution in [-0.4, -0.2) is 25.5 Å². The lowest BCUT2D eigenvalue weighted by atomic mass is 10.3. The first-order chi connectivity index (χ1) is 5.66. The number of ketones is 1. The van der Waals surface area contributed by atoms with Crippen LogP contribution in [0.1, 0.15) is 13.3 Å². The molecule has 12 heavy (non-hydrogen) atoms. The Kier molecular flexibility index (Phi) is 5.91. The van der Waals surface area contributed by atoms with Gasteiger partial charge < -0.3 is 10.1 Å². The maximum atomic E-state index is 10.8. The van der Waals surface area contributed by atoms with E-state index in [9.17, 15) is 9.59 Å². The fraction of sp³-hybridized carbons (Fsp3) is 0.500. The second-order valence-electron chi connectivity index (χ2n) is 2.28. The highest BCUT2D eigenvalue weighted by Crippen LogP contribution is 1.84. The second-order valence-corrected chi connectivity index (χ2v) is 2.28. The third-order valence-electron chi connectivity index (χ3n) is 1.07. The van der Waals surface area contributed by atoms with Gasteiger partial charge in [0.2, 0.25) is 5.91 Å². The van der Waals surface area contributed by atoms with Crippen LogP contribution >= 0.6 is 0 Å². The van der Waals surface area contributed by atoms with Crippen molar-refractivity contribution in [3.8, 4) is 0 Å². The molecule has 0 atom stereocenters. The third-order valence-corrected chi connectivity index (χ3v) is 1.07. The van der Waals surface area contributed by atoms with Crippen LogP contribution in [0.4, 0.5) is 0 Å². The van der Waals surface area contributed by atoms with Gasteiger partial charge in [-0.2, -0.15) is 0 Å². The Bertz CT molecular complexity index is 187. The van der Waals surface area contributed by atoms with E-state index in [0.717, 1.165) is 0 Å². The van der Waals surface area contributed by atoms with Crippen molar-refractivity contribution in [3.05, 3.63) is 12.2 Å². The van der Waals surface area contributed by atoms with Crippen LogP contribution in [0.3, 0.4) is 0 Å². The van der Waals surface area contributed by atoms with Gasteiger partial charge in [0.1, 0.15) is 12.5 Å². The number of ether oxygens (including phenoxy) is 1. The molecule has 0 heterocycles. The Hall–Kier alpha value is -1.16. The average Bonchev–Trinajstić information content (AvgIpc) is 2.00. The molecule has 0 radical (unpaired) electrons. The van der Waals surface area contributed by atoms with Gasteiger partial charge in [-0.3, -0.25) is 9.59 Å². The second kappa shape index (κ2) is 6.54. The molecule has 0 aromatic rings. The molecule has 0 unspecified atom stereocenters. The molecular weight excluding hydrogens is 158 g/mol. The first-order valence-corrected chi connectivity index (χ1v) is 3.59. The average molecular weight is 171 g/mol. The van der Waals surface area contributed by atoms with E-state index in [4.69, 9.17) is 0 Å². The molecule has 1 N–H and O–H groups in total. The molecule has 4 heteroatoms. The van der Waals surface area contributed by atoms with Gasteiger partial charge in [0.05, 0.1) is 0 Å². The van der Waals surface area contributed by atoms with E-state index < -0.39 is 0 Å². The quantitative estimate of drug-likeness (QED) is 0.476. The van der Waals surface area contributed by atoms with Gasteiger partial charge in [0.15, 0.2) is 0 Å². The summed E-state index contributed by atoms with van der Waals surface area (Å²) in [5.74, 6) is -0.219. The van der Waals surface area contributed by atoms with Gasteiger partial charge in [-0.15, -0.1) is 0 Å². The minimum absolute atomic E-state index is 0.0331. The van der Waals surface area contributed by atoms with Crippen LogP contribution in [0, 0.1) is 0 Å². The monoisotopic (exact) mass is 171 g/mol. The fourth-order valence-electron chi connectivity index (χ4n) is 0.534. The topological polar surface area (TPSA) is 55.4 Å². The predicted molar refractivity (Wildman–Crippen MR) is 44.5 cm³/mol. The number of nitrogens with one attached hydrogen (secondary N) is 1. The highest BCUT2D eigenvalue weighted by atomic mass is 16.5. The molecule has 68 valence electrons. The molecule has 1 amide bonds. The van der Waals surface area contributed by atoms with Crippen molar-refractivity contribution in [2.75, 3.05) is 13.8 Å². The van der Waals surface area contributed by atoms with Gasteiger partial charge in [0.25, 0.3) is 0 Å². The lowest BCUT2D eigenvalue weighted by Gasteiger charge is -1.97. The molecular formula is C8H13NO3. The molecule has 4 nitrogen and oxygen atoms in total. The molecule has 0 rings (SSSR count). The van der Waals surface area contributed by atoms with E-state index in [-0.39, 0.29) is 18.4 Å². The summed E-state index contributed by atoms with van der Waals surface area (Å²) in [6.45, 7) is 1.65. The minimum Gasteiger partial charge on any atom is -0.364 e. The van der Waals surface area contributed by atoms with Crippen molar-refractivity contribution in [2.24, 2.45) is 0 Å². The Morgan fingerprint density at radius 2 is 2.17 bits per heavy atom. The van der Waals surface area contributed by atoms with Crippen LogP contribution in [-0.2, 0) is 14.3 Å². The van der Waals surface area contributed by atoms with Crippen LogP contribution in [0.25, 0.3) is 0 Å². The summed E-state index contributed by atoms with van der Waals surface area (Å²) >= 11 is 0. The SMILES string of the molecule is COCNC(=O)C=CCC(C)=O. The first-order valence-electron chi connectivity index (χ1n) is 3.59. The summed E-state index contributed by atoms with van der Waals surface area (Å²) in [7, 11) is 1.49. The number of carbonyl (C=O) groups excluding carboxylic acids is 2. The Morgan fingerprint density at radius 3 is 2.67 bits per heavy atom. The molecule has 0 aromatic carbocycles. The van der Waals surface area contributed by atoms with Crippen LogP contribution in [0.2, 0.25) is 0 Å². The molecule has 0 aliphatic rings. The number of allylic oxidation sites excluding steroid dienone is 1. The molecule has 0 saturated heterocycles.